The van der Waals surface area contributed by atoms with Crippen LogP contribution in [0.4, 0.5) is 15.8 Å². The molecule has 3 N–H and O–H groups in total. The van der Waals surface area contributed by atoms with Gasteiger partial charge in [0.15, 0.2) is 0 Å². The number of benzene rings is 1. The van der Waals surface area contributed by atoms with Gasteiger partial charge < -0.3 is 11.1 Å². The first kappa shape index (κ1) is 13.2. The summed E-state index contributed by atoms with van der Waals surface area (Å²) in [6, 6.07) is 2.79. The number of rotatable bonds is 3. The van der Waals surface area contributed by atoms with Crippen LogP contribution in [0.3, 0.4) is 0 Å². The van der Waals surface area contributed by atoms with Crippen LogP contribution < -0.4 is 11.1 Å². The molecule has 0 heterocycles. The van der Waals surface area contributed by atoms with Crippen LogP contribution in [0.15, 0.2) is 30.4 Å². The molecule has 0 aliphatic heterocycles. The van der Waals surface area contributed by atoms with Crippen LogP contribution in [0, 0.1) is 21.8 Å². The second-order valence-corrected chi connectivity index (χ2v) is 4.30. The average molecular weight is 265 g/mol. The highest BCUT2D eigenvalue weighted by Gasteiger charge is 2.24. The number of amides is 1. The van der Waals surface area contributed by atoms with E-state index >= 15 is 0 Å². The van der Waals surface area contributed by atoms with E-state index in [4.69, 9.17) is 5.73 Å². The van der Waals surface area contributed by atoms with E-state index in [1.165, 1.54) is 0 Å². The number of carbonyl (C=O) groups is 1. The van der Waals surface area contributed by atoms with E-state index < -0.39 is 22.6 Å². The van der Waals surface area contributed by atoms with E-state index in [9.17, 15) is 19.3 Å². The number of nitrogens with zero attached hydrogens (tertiary/aromatic N) is 1. The van der Waals surface area contributed by atoms with Crippen molar-refractivity contribution in [2.75, 3.05) is 5.32 Å². The lowest BCUT2D eigenvalue weighted by atomic mass is 10.1. The lowest BCUT2D eigenvalue weighted by molar-refractivity contribution is -0.384. The second kappa shape index (κ2) is 5.15. The van der Waals surface area contributed by atoms with Crippen LogP contribution >= 0.6 is 0 Å². The summed E-state index contributed by atoms with van der Waals surface area (Å²) < 4.78 is 13.5. The molecule has 1 aromatic rings. The molecule has 2 rings (SSSR count). The summed E-state index contributed by atoms with van der Waals surface area (Å²) in [6.07, 6.45) is 3.80. The van der Waals surface area contributed by atoms with Crippen molar-refractivity contribution in [3.63, 3.8) is 0 Å². The minimum atomic E-state index is -0.717. The molecule has 1 amide bonds. The van der Waals surface area contributed by atoms with Crippen LogP contribution in [0.5, 0.6) is 0 Å². The summed E-state index contributed by atoms with van der Waals surface area (Å²) in [5.74, 6) is -1.58. The summed E-state index contributed by atoms with van der Waals surface area (Å²) in [4.78, 5) is 21.8. The van der Waals surface area contributed by atoms with E-state index in [1.807, 2.05) is 0 Å². The molecule has 100 valence electrons. The lowest BCUT2D eigenvalue weighted by Crippen LogP contribution is -2.24. The van der Waals surface area contributed by atoms with Crippen molar-refractivity contribution >= 4 is 17.3 Å². The number of halogens is 1. The van der Waals surface area contributed by atoms with Gasteiger partial charge >= 0.3 is 0 Å². The second-order valence-electron chi connectivity index (χ2n) is 4.30. The molecule has 0 saturated heterocycles. The first-order chi connectivity index (χ1) is 8.97. The SMILES string of the molecule is NC1C=CC(C(=O)Nc2cc([N+](=O)[O-])ccc2F)C1. The van der Waals surface area contributed by atoms with Gasteiger partial charge in [-0.2, -0.15) is 0 Å². The molecule has 2 atom stereocenters. The van der Waals surface area contributed by atoms with E-state index in [0.29, 0.717) is 6.42 Å². The minimum absolute atomic E-state index is 0.189. The zero-order valence-electron chi connectivity index (χ0n) is 9.88. The predicted octanol–water partition coefficient (Wildman–Crippen LogP) is 1.58. The Bertz CT molecular complexity index is 559. The summed E-state index contributed by atoms with van der Waals surface area (Å²) >= 11 is 0. The molecule has 0 bridgehead atoms. The maximum Gasteiger partial charge on any atom is 0.271 e. The lowest BCUT2D eigenvalue weighted by Gasteiger charge is -2.11. The Balaban J connectivity index is 2.14. The average Bonchev–Trinajstić information content (AvgIpc) is 2.78. The summed E-state index contributed by atoms with van der Waals surface area (Å²) in [5, 5.41) is 12.9. The fraction of sp³-hybridized carbons (Fsp3) is 0.250. The Hall–Kier alpha value is -2.28. The van der Waals surface area contributed by atoms with Gasteiger partial charge in [0.1, 0.15) is 5.82 Å². The van der Waals surface area contributed by atoms with Gasteiger partial charge in [-0.05, 0) is 12.5 Å². The highest BCUT2D eigenvalue weighted by atomic mass is 19.1. The molecule has 0 spiro atoms. The molecule has 1 aromatic carbocycles. The molecular formula is C12H12FN3O3. The fourth-order valence-electron chi connectivity index (χ4n) is 1.87. The molecule has 19 heavy (non-hydrogen) atoms. The highest BCUT2D eigenvalue weighted by molar-refractivity contribution is 5.94. The van der Waals surface area contributed by atoms with Crippen molar-refractivity contribution in [2.24, 2.45) is 11.7 Å². The summed E-state index contributed by atoms with van der Waals surface area (Å²) in [7, 11) is 0. The van der Waals surface area contributed by atoms with Gasteiger partial charge in [-0.3, -0.25) is 14.9 Å². The van der Waals surface area contributed by atoms with Crippen LogP contribution in [-0.4, -0.2) is 16.9 Å². The number of nitrogens with two attached hydrogens (primary N) is 1. The number of anilines is 1. The van der Waals surface area contributed by atoms with Gasteiger partial charge in [-0.15, -0.1) is 0 Å². The van der Waals surface area contributed by atoms with Gasteiger partial charge in [0.25, 0.3) is 5.69 Å². The monoisotopic (exact) mass is 265 g/mol. The minimum Gasteiger partial charge on any atom is -0.324 e. The van der Waals surface area contributed by atoms with E-state index in [1.54, 1.807) is 12.2 Å². The fourth-order valence-corrected chi connectivity index (χ4v) is 1.87. The molecule has 7 heteroatoms. The molecule has 0 aromatic heterocycles. The Morgan fingerprint density at radius 1 is 1.47 bits per heavy atom. The standard InChI is InChI=1S/C12H12FN3O3/c13-10-4-3-9(16(18)19)6-11(10)15-12(17)7-1-2-8(14)5-7/h1-4,6-8H,5,14H2,(H,15,17). The quantitative estimate of drug-likeness (QED) is 0.492. The van der Waals surface area contributed by atoms with Crippen molar-refractivity contribution in [3.05, 3.63) is 46.3 Å². The van der Waals surface area contributed by atoms with Crippen molar-refractivity contribution in [3.8, 4) is 0 Å². The maximum absolute atomic E-state index is 13.5. The third-order valence-electron chi connectivity index (χ3n) is 2.87. The normalized spacial score (nSPS) is 21.4. The van der Waals surface area contributed by atoms with Gasteiger partial charge in [-0.25, -0.2) is 4.39 Å². The Morgan fingerprint density at radius 2 is 2.21 bits per heavy atom. The van der Waals surface area contributed by atoms with Crippen LogP contribution in [0.1, 0.15) is 6.42 Å². The van der Waals surface area contributed by atoms with Gasteiger partial charge in [-0.1, -0.05) is 12.2 Å². The Kier molecular flexibility index (Phi) is 3.57. The van der Waals surface area contributed by atoms with E-state index in [2.05, 4.69) is 5.32 Å². The first-order valence-electron chi connectivity index (χ1n) is 5.66. The van der Waals surface area contributed by atoms with Crippen LogP contribution in [-0.2, 0) is 4.79 Å². The third kappa shape index (κ3) is 2.94. The van der Waals surface area contributed by atoms with Gasteiger partial charge in [0.2, 0.25) is 5.91 Å². The van der Waals surface area contributed by atoms with Crippen molar-refractivity contribution in [1.82, 2.24) is 0 Å². The van der Waals surface area contributed by atoms with E-state index in [-0.39, 0.29) is 17.4 Å². The predicted molar refractivity (Wildman–Crippen MR) is 66.9 cm³/mol. The Labute approximate surface area is 108 Å². The van der Waals surface area contributed by atoms with Gasteiger partial charge in [0.05, 0.1) is 16.5 Å². The number of carbonyl (C=O) groups excluding carboxylic acids is 1. The molecular weight excluding hydrogens is 253 g/mol. The third-order valence-corrected chi connectivity index (χ3v) is 2.87. The number of nitro benzene ring substituents is 1. The smallest absolute Gasteiger partial charge is 0.271 e. The van der Waals surface area contributed by atoms with Crippen molar-refractivity contribution in [2.45, 2.75) is 12.5 Å². The highest BCUT2D eigenvalue weighted by Crippen LogP contribution is 2.23. The van der Waals surface area contributed by atoms with E-state index in [0.717, 1.165) is 18.2 Å². The molecule has 2 unspecified atom stereocenters. The van der Waals surface area contributed by atoms with Gasteiger partial charge in [0, 0.05) is 18.2 Å². The zero-order valence-corrected chi connectivity index (χ0v) is 9.88. The largest absolute Gasteiger partial charge is 0.324 e. The molecule has 6 nitrogen and oxygen atoms in total. The first-order valence-corrected chi connectivity index (χ1v) is 5.66. The van der Waals surface area contributed by atoms with Crippen LogP contribution in [0.25, 0.3) is 0 Å². The van der Waals surface area contributed by atoms with Crippen molar-refractivity contribution < 1.29 is 14.1 Å². The molecule has 0 radical (unpaired) electrons. The number of non-ortho nitro benzene ring substituents is 1. The summed E-state index contributed by atoms with van der Waals surface area (Å²) in [5.41, 5.74) is 5.14. The Morgan fingerprint density at radius 3 is 2.79 bits per heavy atom. The number of nitrogens with one attached hydrogen (secondary N) is 1. The molecule has 0 fully saturated rings. The topological polar surface area (TPSA) is 98.3 Å². The molecule has 0 saturated carbocycles. The molecule has 1 aliphatic rings. The number of hydrogen-bond donors (Lipinski definition) is 2. The van der Waals surface area contributed by atoms with Crippen LogP contribution in [0.2, 0.25) is 0 Å². The zero-order chi connectivity index (χ0) is 14.0. The number of hydrogen-bond acceptors (Lipinski definition) is 4. The molecule has 1 aliphatic carbocycles. The number of nitro groups is 1. The van der Waals surface area contributed by atoms with Crippen molar-refractivity contribution in [1.29, 1.82) is 0 Å². The maximum atomic E-state index is 13.5. The summed E-state index contributed by atoms with van der Waals surface area (Å²) in [6.45, 7) is 0.